The number of halogens is 1. The Morgan fingerprint density at radius 2 is 1.70 bits per heavy atom. The van der Waals surface area contributed by atoms with E-state index in [1.807, 2.05) is 0 Å². The first-order chi connectivity index (χ1) is 11.2. The fourth-order valence-electron chi connectivity index (χ4n) is 3.62. The van der Waals surface area contributed by atoms with Gasteiger partial charge >= 0.3 is 0 Å². The zero-order valence-electron chi connectivity index (χ0n) is 14.9. The van der Waals surface area contributed by atoms with Gasteiger partial charge in [0.05, 0.1) is 6.61 Å². The summed E-state index contributed by atoms with van der Waals surface area (Å²) < 4.78 is 6.87. The summed E-state index contributed by atoms with van der Waals surface area (Å²) in [7, 11) is 0. The van der Waals surface area contributed by atoms with Gasteiger partial charge in [-0.15, -0.1) is 0 Å². The van der Waals surface area contributed by atoms with Gasteiger partial charge in [0.25, 0.3) is 0 Å². The fraction of sp³-hybridized carbons (Fsp3) is 0.714. The van der Waals surface area contributed by atoms with Crippen LogP contribution in [0.3, 0.4) is 0 Å². The number of rotatable bonds is 9. The third-order valence-corrected chi connectivity index (χ3v) is 6.45. The molecule has 1 aromatic carbocycles. The predicted molar refractivity (Wildman–Crippen MR) is 109 cm³/mol. The normalized spacial score (nSPS) is 22.7. The van der Waals surface area contributed by atoms with Crippen LogP contribution in [-0.4, -0.2) is 10.5 Å². The molecule has 0 amide bonds. The van der Waals surface area contributed by atoms with E-state index in [0.717, 1.165) is 28.1 Å². The molecular formula is C21H33IO. The summed E-state index contributed by atoms with van der Waals surface area (Å²) in [5.41, 5.74) is 1.30. The van der Waals surface area contributed by atoms with Crippen molar-refractivity contribution in [3.8, 4) is 5.75 Å². The third kappa shape index (κ3) is 7.45. The number of alkyl halides is 1. The summed E-state index contributed by atoms with van der Waals surface area (Å²) >= 11 is 2.64. The van der Waals surface area contributed by atoms with Gasteiger partial charge in [0.15, 0.2) is 0 Å². The average molecular weight is 428 g/mol. The van der Waals surface area contributed by atoms with Gasteiger partial charge in [0, 0.05) is 3.92 Å². The molecule has 1 aliphatic rings. The maximum absolute atomic E-state index is 5.97. The number of hydrogen-bond donors (Lipinski definition) is 0. The number of hydrogen-bond acceptors (Lipinski definition) is 1. The Morgan fingerprint density at radius 1 is 1.04 bits per heavy atom. The molecule has 2 heteroatoms. The lowest BCUT2D eigenvalue weighted by Gasteiger charge is -2.28. The lowest BCUT2D eigenvalue weighted by molar-refractivity contribution is 0.177. The second kappa shape index (κ2) is 10.6. The highest BCUT2D eigenvalue weighted by Gasteiger charge is 2.21. The molecule has 1 saturated carbocycles. The first-order valence-corrected chi connectivity index (χ1v) is 10.8. The van der Waals surface area contributed by atoms with Crippen LogP contribution in [0.4, 0.5) is 0 Å². The van der Waals surface area contributed by atoms with Crippen molar-refractivity contribution in [3.05, 3.63) is 29.8 Å². The summed E-state index contributed by atoms with van der Waals surface area (Å²) in [6.07, 6.45) is 12.6. The van der Waals surface area contributed by atoms with Gasteiger partial charge in [-0.1, -0.05) is 79.3 Å². The van der Waals surface area contributed by atoms with Crippen LogP contribution < -0.4 is 4.74 Å². The topological polar surface area (TPSA) is 9.23 Å². The van der Waals surface area contributed by atoms with E-state index in [-0.39, 0.29) is 0 Å². The Morgan fingerprint density at radius 3 is 2.35 bits per heavy atom. The second-order valence-corrected chi connectivity index (χ2v) is 9.09. The summed E-state index contributed by atoms with van der Waals surface area (Å²) in [4.78, 5) is 0. The molecule has 1 aliphatic carbocycles. The van der Waals surface area contributed by atoms with Crippen molar-refractivity contribution in [2.75, 3.05) is 6.61 Å². The van der Waals surface area contributed by atoms with Gasteiger partial charge in [-0.25, -0.2) is 0 Å². The Hall–Kier alpha value is -0.250. The molecule has 1 fully saturated rings. The van der Waals surface area contributed by atoms with Crippen LogP contribution in [0.25, 0.3) is 0 Å². The third-order valence-electron chi connectivity index (χ3n) is 5.20. The van der Waals surface area contributed by atoms with E-state index in [2.05, 4.69) is 60.7 Å². The van der Waals surface area contributed by atoms with Crippen LogP contribution in [0.15, 0.2) is 24.3 Å². The van der Waals surface area contributed by atoms with Gasteiger partial charge in [0.1, 0.15) is 5.75 Å². The minimum absolute atomic E-state index is 0.768. The summed E-state index contributed by atoms with van der Waals surface area (Å²) in [5, 5.41) is 0. The molecule has 0 aliphatic heterocycles. The zero-order chi connectivity index (χ0) is 16.5. The van der Waals surface area contributed by atoms with E-state index in [1.165, 1.54) is 63.4 Å². The molecule has 130 valence electrons. The highest BCUT2D eigenvalue weighted by Crippen LogP contribution is 2.33. The van der Waals surface area contributed by atoms with E-state index < -0.39 is 0 Å². The molecule has 0 N–H and O–H groups in total. The van der Waals surface area contributed by atoms with Crippen LogP contribution in [0.1, 0.15) is 70.3 Å². The Labute approximate surface area is 156 Å². The molecule has 1 nitrogen and oxygen atoms in total. The van der Waals surface area contributed by atoms with Crippen molar-refractivity contribution in [1.29, 1.82) is 0 Å². The molecular weight excluding hydrogens is 395 g/mol. The van der Waals surface area contributed by atoms with Crippen LogP contribution in [0, 0.1) is 18.8 Å². The monoisotopic (exact) mass is 428 g/mol. The summed E-state index contributed by atoms with van der Waals surface area (Å²) in [5.74, 6) is 2.78. The largest absolute Gasteiger partial charge is 0.493 e. The van der Waals surface area contributed by atoms with Gasteiger partial charge in [-0.05, 0) is 56.6 Å². The van der Waals surface area contributed by atoms with Gasteiger partial charge in [-0.2, -0.15) is 0 Å². The molecule has 0 spiro atoms. The maximum Gasteiger partial charge on any atom is 0.119 e. The van der Waals surface area contributed by atoms with Crippen molar-refractivity contribution in [3.63, 3.8) is 0 Å². The molecule has 0 radical (unpaired) electrons. The lowest BCUT2D eigenvalue weighted by Crippen LogP contribution is -2.20. The maximum atomic E-state index is 5.97. The zero-order valence-corrected chi connectivity index (χ0v) is 17.1. The molecule has 2 rings (SSSR count). The van der Waals surface area contributed by atoms with Crippen LogP contribution in [-0.2, 0) is 0 Å². The molecule has 0 aromatic heterocycles. The van der Waals surface area contributed by atoms with Crippen molar-refractivity contribution in [2.45, 2.75) is 75.6 Å². The molecule has 0 saturated heterocycles. The summed E-state index contributed by atoms with van der Waals surface area (Å²) in [6.45, 7) is 5.32. The minimum atomic E-state index is 0.768. The quantitative estimate of drug-likeness (QED) is 0.305. The van der Waals surface area contributed by atoms with Crippen molar-refractivity contribution in [2.24, 2.45) is 11.8 Å². The molecule has 0 heterocycles. The standard InChI is InChI=1S/C21H33IO/c1-3-5-20(22)7-4-6-18-10-12-19(13-11-18)16-23-21-14-8-17(2)9-15-21/h8-9,14-15,18-20H,3-7,10-13,16H2,1-2H3. The van der Waals surface area contributed by atoms with Crippen molar-refractivity contribution in [1.82, 2.24) is 0 Å². The molecule has 1 aromatic rings. The Kier molecular flexibility index (Phi) is 8.78. The van der Waals surface area contributed by atoms with Crippen LogP contribution in [0.2, 0.25) is 0 Å². The average Bonchev–Trinajstić information content (AvgIpc) is 2.56. The highest BCUT2D eigenvalue weighted by atomic mass is 127. The SMILES string of the molecule is CCCC(I)CCCC1CCC(COc2ccc(C)cc2)CC1. The molecule has 23 heavy (non-hydrogen) atoms. The van der Waals surface area contributed by atoms with Gasteiger partial charge in [0.2, 0.25) is 0 Å². The van der Waals surface area contributed by atoms with E-state index in [4.69, 9.17) is 4.74 Å². The van der Waals surface area contributed by atoms with Crippen molar-refractivity contribution >= 4 is 22.6 Å². The second-order valence-electron chi connectivity index (χ2n) is 7.33. The first-order valence-electron chi connectivity index (χ1n) is 9.51. The first kappa shape index (κ1) is 19.1. The van der Waals surface area contributed by atoms with Gasteiger partial charge in [-0.3, -0.25) is 0 Å². The molecule has 0 bridgehead atoms. The van der Waals surface area contributed by atoms with E-state index in [0.29, 0.717) is 0 Å². The van der Waals surface area contributed by atoms with Crippen molar-refractivity contribution < 1.29 is 4.74 Å². The minimum Gasteiger partial charge on any atom is -0.493 e. The van der Waals surface area contributed by atoms with Crippen LogP contribution >= 0.6 is 22.6 Å². The number of ether oxygens (including phenoxy) is 1. The van der Waals surface area contributed by atoms with Gasteiger partial charge < -0.3 is 4.74 Å². The van der Waals surface area contributed by atoms with E-state index in [9.17, 15) is 0 Å². The fourth-order valence-corrected chi connectivity index (χ4v) is 4.68. The highest BCUT2D eigenvalue weighted by molar-refractivity contribution is 14.1. The smallest absolute Gasteiger partial charge is 0.119 e. The Balaban J connectivity index is 1.57. The van der Waals surface area contributed by atoms with E-state index in [1.54, 1.807) is 0 Å². The van der Waals surface area contributed by atoms with Crippen LogP contribution in [0.5, 0.6) is 5.75 Å². The number of aryl methyl sites for hydroxylation is 1. The Bertz CT molecular complexity index is 420. The lowest BCUT2D eigenvalue weighted by atomic mass is 9.80. The van der Waals surface area contributed by atoms with E-state index >= 15 is 0 Å². The number of benzene rings is 1. The summed E-state index contributed by atoms with van der Waals surface area (Å²) in [6, 6.07) is 8.45. The molecule has 1 unspecified atom stereocenters. The predicted octanol–water partition coefficient (Wildman–Crippen LogP) is 6.95. The molecule has 1 atom stereocenters.